The summed E-state index contributed by atoms with van der Waals surface area (Å²) in [6, 6.07) is 0. The van der Waals surface area contributed by atoms with E-state index in [4.69, 9.17) is 5.73 Å². The lowest BCUT2D eigenvalue weighted by Gasteiger charge is -2.06. The van der Waals surface area contributed by atoms with E-state index in [1.807, 2.05) is 20.8 Å². The molecule has 2 rings (SSSR count). The third-order valence-corrected chi connectivity index (χ3v) is 3.21. The van der Waals surface area contributed by atoms with Gasteiger partial charge in [0.15, 0.2) is 5.16 Å². The Morgan fingerprint density at radius 2 is 1.65 bits per heavy atom. The van der Waals surface area contributed by atoms with E-state index in [2.05, 4.69) is 19.9 Å². The Hall–Kier alpha value is -1.69. The zero-order chi connectivity index (χ0) is 12.4. The molecule has 2 aromatic rings. The molecule has 2 N–H and O–H groups in total. The minimum atomic E-state index is 0.399. The van der Waals surface area contributed by atoms with Gasteiger partial charge in [-0.3, -0.25) is 4.98 Å². The average Bonchev–Trinajstić information content (AvgIpc) is 2.26. The second-order valence-electron chi connectivity index (χ2n) is 3.69. The predicted molar refractivity (Wildman–Crippen MR) is 66.8 cm³/mol. The summed E-state index contributed by atoms with van der Waals surface area (Å²) in [6.45, 7) is 5.96. The first kappa shape index (κ1) is 11.8. The lowest BCUT2D eigenvalue weighted by Crippen LogP contribution is -1.99. The quantitative estimate of drug-likeness (QED) is 0.817. The van der Waals surface area contributed by atoms with Gasteiger partial charge >= 0.3 is 0 Å². The first-order chi connectivity index (χ1) is 8.06. The summed E-state index contributed by atoms with van der Waals surface area (Å²) >= 11 is 1.36. The van der Waals surface area contributed by atoms with Gasteiger partial charge in [-0.25, -0.2) is 15.0 Å². The van der Waals surface area contributed by atoms with E-state index in [1.165, 1.54) is 18.0 Å². The van der Waals surface area contributed by atoms with Crippen molar-refractivity contribution < 1.29 is 0 Å². The van der Waals surface area contributed by atoms with Crippen molar-refractivity contribution in [3.05, 3.63) is 29.3 Å². The van der Waals surface area contributed by atoms with Gasteiger partial charge in [0.1, 0.15) is 10.8 Å². The van der Waals surface area contributed by atoms with E-state index in [0.29, 0.717) is 16.0 Å². The van der Waals surface area contributed by atoms with Gasteiger partial charge < -0.3 is 5.73 Å². The minimum Gasteiger partial charge on any atom is -0.382 e. The standard InChI is InChI=1S/C11H13N5S/c1-6-7(2)14-11(15-8(6)3)17-10-5-13-4-9(12)16-10/h4-5H,1-3H3,(H2,12,16). The molecule has 0 spiro atoms. The highest BCUT2D eigenvalue weighted by Gasteiger charge is 2.07. The summed E-state index contributed by atoms with van der Waals surface area (Å²) in [4.78, 5) is 16.9. The maximum Gasteiger partial charge on any atom is 0.194 e. The number of rotatable bonds is 2. The Morgan fingerprint density at radius 1 is 1.00 bits per heavy atom. The van der Waals surface area contributed by atoms with Crippen LogP contribution in [0.15, 0.2) is 22.6 Å². The second kappa shape index (κ2) is 4.67. The van der Waals surface area contributed by atoms with Crippen molar-refractivity contribution in [3.63, 3.8) is 0 Å². The van der Waals surface area contributed by atoms with Crippen LogP contribution in [0.2, 0.25) is 0 Å². The molecule has 0 radical (unpaired) electrons. The molecule has 0 fully saturated rings. The molecule has 17 heavy (non-hydrogen) atoms. The van der Waals surface area contributed by atoms with Crippen LogP contribution in [-0.4, -0.2) is 19.9 Å². The molecule has 0 atom stereocenters. The smallest absolute Gasteiger partial charge is 0.194 e. The Balaban J connectivity index is 2.31. The number of hydrogen-bond acceptors (Lipinski definition) is 6. The fourth-order valence-corrected chi connectivity index (χ4v) is 2.11. The summed E-state index contributed by atoms with van der Waals surface area (Å²) < 4.78 is 0. The summed E-state index contributed by atoms with van der Waals surface area (Å²) in [5.74, 6) is 0.399. The maximum atomic E-state index is 5.57. The third kappa shape index (κ3) is 2.71. The van der Waals surface area contributed by atoms with E-state index >= 15 is 0 Å². The monoisotopic (exact) mass is 247 g/mol. The molecule has 2 aromatic heterocycles. The van der Waals surface area contributed by atoms with Gasteiger partial charge in [0.25, 0.3) is 0 Å². The van der Waals surface area contributed by atoms with Crippen LogP contribution in [0.3, 0.4) is 0 Å². The van der Waals surface area contributed by atoms with Crippen LogP contribution >= 0.6 is 11.8 Å². The molecule has 0 saturated carbocycles. The lowest BCUT2D eigenvalue weighted by molar-refractivity contribution is 0.877. The van der Waals surface area contributed by atoms with Crippen molar-refractivity contribution in [2.45, 2.75) is 31.0 Å². The molecule has 0 saturated heterocycles. The molecule has 0 aliphatic heterocycles. The Morgan fingerprint density at radius 3 is 2.24 bits per heavy atom. The highest BCUT2D eigenvalue weighted by atomic mass is 32.2. The van der Waals surface area contributed by atoms with Gasteiger partial charge in [0.05, 0.1) is 12.4 Å². The first-order valence-electron chi connectivity index (χ1n) is 5.13. The Kier molecular flexibility index (Phi) is 3.23. The van der Waals surface area contributed by atoms with Crippen molar-refractivity contribution in [1.82, 2.24) is 19.9 Å². The molecule has 2 heterocycles. The number of nitrogens with two attached hydrogens (primary N) is 1. The number of aryl methyl sites for hydroxylation is 2. The fraction of sp³-hybridized carbons (Fsp3) is 0.273. The Labute approximate surface area is 104 Å². The van der Waals surface area contributed by atoms with Gasteiger partial charge in [-0.2, -0.15) is 0 Å². The van der Waals surface area contributed by atoms with Crippen LogP contribution < -0.4 is 5.73 Å². The van der Waals surface area contributed by atoms with E-state index in [9.17, 15) is 0 Å². The molecule has 0 aliphatic carbocycles. The van der Waals surface area contributed by atoms with Gasteiger partial charge in [0, 0.05) is 11.4 Å². The minimum absolute atomic E-state index is 0.399. The van der Waals surface area contributed by atoms with E-state index in [0.717, 1.165) is 17.0 Å². The molecular weight excluding hydrogens is 234 g/mol. The van der Waals surface area contributed by atoms with E-state index < -0.39 is 0 Å². The van der Waals surface area contributed by atoms with Crippen molar-refractivity contribution in [2.24, 2.45) is 0 Å². The molecule has 0 aromatic carbocycles. The lowest BCUT2D eigenvalue weighted by atomic mass is 10.2. The van der Waals surface area contributed by atoms with Gasteiger partial charge in [-0.05, 0) is 38.1 Å². The largest absolute Gasteiger partial charge is 0.382 e. The highest BCUT2D eigenvalue weighted by Crippen LogP contribution is 2.23. The summed E-state index contributed by atoms with van der Waals surface area (Å²) in [5, 5.41) is 1.37. The number of nitrogen functional groups attached to an aromatic ring is 1. The van der Waals surface area contributed by atoms with E-state index in [-0.39, 0.29) is 0 Å². The predicted octanol–water partition coefficient (Wildman–Crippen LogP) is 1.93. The normalized spacial score (nSPS) is 10.5. The van der Waals surface area contributed by atoms with Crippen molar-refractivity contribution in [2.75, 3.05) is 5.73 Å². The van der Waals surface area contributed by atoms with Crippen LogP contribution in [0, 0.1) is 20.8 Å². The number of aromatic nitrogens is 4. The van der Waals surface area contributed by atoms with Crippen molar-refractivity contribution in [1.29, 1.82) is 0 Å². The highest BCUT2D eigenvalue weighted by molar-refractivity contribution is 7.99. The summed E-state index contributed by atoms with van der Waals surface area (Å²) in [6.07, 6.45) is 3.16. The van der Waals surface area contributed by atoms with Crippen LogP contribution in [0.5, 0.6) is 0 Å². The van der Waals surface area contributed by atoms with Crippen LogP contribution in [0.25, 0.3) is 0 Å². The molecular formula is C11H13N5S. The molecule has 0 unspecified atom stereocenters. The summed E-state index contributed by atoms with van der Waals surface area (Å²) in [5.41, 5.74) is 8.65. The molecule has 6 heteroatoms. The van der Waals surface area contributed by atoms with Crippen molar-refractivity contribution in [3.8, 4) is 0 Å². The number of hydrogen-bond donors (Lipinski definition) is 1. The molecule has 0 bridgehead atoms. The van der Waals surface area contributed by atoms with Crippen molar-refractivity contribution >= 4 is 17.6 Å². The zero-order valence-corrected chi connectivity index (χ0v) is 10.7. The first-order valence-corrected chi connectivity index (χ1v) is 5.95. The Bertz CT molecular complexity index is 532. The van der Waals surface area contributed by atoms with Crippen LogP contribution in [-0.2, 0) is 0 Å². The van der Waals surface area contributed by atoms with Crippen LogP contribution in [0.4, 0.5) is 5.82 Å². The molecule has 0 amide bonds. The zero-order valence-electron chi connectivity index (χ0n) is 9.93. The van der Waals surface area contributed by atoms with Gasteiger partial charge in [-0.15, -0.1) is 0 Å². The topological polar surface area (TPSA) is 77.6 Å². The van der Waals surface area contributed by atoms with Gasteiger partial charge in [-0.1, -0.05) is 0 Å². The second-order valence-corrected chi connectivity index (χ2v) is 4.67. The molecule has 5 nitrogen and oxygen atoms in total. The van der Waals surface area contributed by atoms with Crippen LogP contribution in [0.1, 0.15) is 17.0 Å². The third-order valence-electron chi connectivity index (χ3n) is 2.44. The fourth-order valence-electron chi connectivity index (χ4n) is 1.29. The SMILES string of the molecule is Cc1nc(Sc2cncc(N)n2)nc(C)c1C. The summed E-state index contributed by atoms with van der Waals surface area (Å²) in [7, 11) is 0. The number of anilines is 1. The maximum absolute atomic E-state index is 5.57. The molecule has 88 valence electrons. The van der Waals surface area contributed by atoms with E-state index in [1.54, 1.807) is 6.20 Å². The average molecular weight is 247 g/mol. The number of nitrogens with zero attached hydrogens (tertiary/aromatic N) is 4. The molecule has 0 aliphatic rings. The van der Waals surface area contributed by atoms with Gasteiger partial charge in [0.2, 0.25) is 0 Å².